The van der Waals surface area contributed by atoms with Crippen molar-refractivity contribution in [2.75, 3.05) is 13.6 Å². The summed E-state index contributed by atoms with van der Waals surface area (Å²) in [5.74, 6) is -1.42. The number of aliphatic carboxylic acids is 1. The third-order valence-electron chi connectivity index (χ3n) is 2.56. The first kappa shape index (κ1) is 14.0. The summed E-state index contributed by atoms with van der Waals surface area (Å²) in [7, 11) is 1.66. The quantitative estimate of drug-likeness (QED) is 0.805. The van der Waals surface area contributed by atoms with Gasteiger partial charge in [0.1, 0.15) is 0 Å². The molecule has 1 amide bonds. The average molecular weight is 247 g/mol. The minimum Gasteiger partial charge on any atom is -0.478 e. The van der Waals surface area contributed by atoms with E-state index in [9.17, 15) is 9.59 Å². The van der Waals surface area contributed by atoms with Crippen LogP contribution in [0, 0.1) is 6.92 Å². The summed E-state index contributed by atoms with van der Waals surface area (Å²) >= 11 is 0. The zero-order valence-corrected chi connectivity index (χ0v) is 10.6. The SMILES string of the molecule is Cc1cccc(CCN(C)C(=O)/C=C/C(=O)O)c1. The van der Waals surface area contributed by atoms with E-state index in [1.165, 1.54) is 10.5 Å². The van der Waals surface area contributed by atoms with Gasteiger partial charge in [-0.05, 0) is 18.9 Å². The molecule has 96 valence electrons. The molecule has 0 unspecified atom stereocenters. The largest absolute Gasteiger partial charge is 0.478 e. The van der Waals surface area contributed by atoms with Crippen LogP contribution >= 0.6 is 0 Å². The molecule has 4 heteroatoms. The maximum absolute atomic E-state index is 11.5. The van der Waals surface area contributed by atoms with E-state index in [4.69, 9.17) is 5.11 Å². The molecule has 0 saturated heterocycles. The number of aryl methyl sites for hydroxylation is 1. The Balaban J connectivity index is 2.48. The van der Waals surface area contributed by atoms with Crippen molar-refractivity contribution in [1.29, 1.82) is 0 Å². The molecule has 0 aliphatic rings. The smallest absolute Gasteiger partial charge is 0.328 e. The molecule has 1 aromatic carbocycles. The fourth-order valence-electron chi connectivity index (χ4n) is 1.54. The summed E-state index contributed by atoms with van der Waals surface area (Å²) in [6, 6.07) is 8.09. The van der Waals surface area contributed by atoms with Crippen molar-refractivity contribution in [3.8, 4) is 0 Å². The van der Waals surface area contributed by atoms with Crippen LogP contribution in [-0.2, 0) is 16.0 Å². The van der Waals surface area contributed by atoms with Crippen LogP contribution in [0.5, 0.6) is 0 Å². The molecule has 0 heterocycles. The van der Waals surface area contributed by atoms with E-state index >= 15 is 0 Å². The predicted molar refractivity (Wildman–Crippen MR) is 69.3 cm³/mol. The van der Waals surface area contributed by atoms with Gasteiger partial charge in [0.2, 0.25) is 5.91 Å². The zero-order chi connectivity index (χ0) is 13.5. The van der Waals surface area contributed by atoms with Crippen LogP contribution in [0.1, 0.15) is 11.1 Å². The molecule has 18 heavy (non-hydrogen) atoms. The highest BCUT2D eigenvalue weighted by Gasteiger charge is 2.05. The summed E-state index contributed by atoms with van der Waals surface area (Å²) < 4.78 is 0. The fraction of sp³-hybridized carbons (Fsp3) is 0.286. The van der Waals surface area contributed by atoms with Crippen molar-refractivity contribution in [2.45, 2.75) is 13.3 Å². The summed E-state index contributed by atoms with van der Waals surface area (Å²) in [5, 5.41) is 8.43. The van der Waals surface area contributed by atoms with Gasteiger partial charge in [-0.15, -0.1) is 0 Å². The Hall–Kier alpha value is -2.10. The number of amides is 1. The van der Waals surface area contributed by atoms with Crippen molar-refractivity contribution < 1.29 is 14.7 Å². The van der Waals surface area contributed by atoms with Crippen molar-refractivity contribution in [3.05, 3.63) is 47.5 Å². The van der Waals surface area contributed by atoms with Crippen LogP contribution in [0.15, 0.2) is 36.4 Å². The maximum atomic E-state index is 11.5. The lowest BCUT2D eigenvalue weighted by atomic mass is 10.1. The molecule has 0 aromatic heterocycles. The third kappa shape index (κ3) is 4.82. The van der Waals surface area contributed by atoms with Crippen LogP contribution in [0.25, 0.3) is 0 Å². The van der Waals surface area contributed by atoms with Gasteiger partial charge in [-0.2, -0.15) is 0 Å². The number of likely N-dealkylation sites (N-methyl/N-ethyl adjacent to an activating group) is 1. The van der Waals surface area contributed by atoms with E-state index in [1.807, 2.05) is 25.1 Å². The highest BCUT2D eigenvalue weighted by atomic mass is 16.4. The van der Waals surface area contributed by atoms with E-state index < -0.39 is 5.97 Å². The molecule has 1 aromatic rings. The topological polar surface area (TPSA) is 57.6 Å². The van der Waals surface area contributed by atoms with Gasteiger partial charge in [-0.25, -0.2) is 4.79 Å². The molecule has 0 bridgehead atoms. The highest BCUT2D eigenvalue weighted by molar-refractivity contribution is 5.93. The Morgan fingerprint density at radius 2 is 2.06 bits per heavy atom. The first-order valence-corrected chi connectivity index (χ1v) is 5.70. The number of carbonyl (C=O) groups excluding carboxylic acids is 1. The number of benzene rings is 1. The molecule has 0 radical (unpaired) electrons. The number of carboxylic acids is 1. The number of carbonyl (C=O) groups is 2. The molecule has 0 fully saturated rings. The van der Waals surface area contributed by atoms with E-state index in [1.54, 1.807) is 7.05 Å². The molecular weight excluding hydrogens is 230 g/mol. The zero-order valence-electron chi connectivity index (χ0n) is 10.6. The molecule has 0 spiro atoms. The maximum Gasteiger partial charge on any atom is 0.328 e. The van der Waals surface area contributed by atoms with Gasteiger partial charge in [-0.1, -0.05) is 29.8 Å². The predicted octanol–water partition coefficient (Wildman–Crippen LogP) is 1.64. The Bertz CT molecular complexity index is 466. The second-order valence-electron chi connectivity index (χ2n) is 4.17. The Morgan fingerprint density at radius 3 is 2.67 bits per heavy atom. The highest BCUT2D eigenvalue weighted by Crippen LogP contribution is 2.05. The monoisotopic (exact) mass is 247 g/mol. The van der Waals surface area contributed by atoms with Gasteiger partial charge < -0.3 is 10.0 Å². The molecule has 1 N–H and O–H groups in total. The van der Waals surface area contributed by atoms with Crippen molar-refractivity contribution >= 4 is 11.9 Å². The number of nitrogens with zero attached hydrogens (tertiary/aromatic N) is 1. The molecule has 4 nitrogen and oxygen atoms in total. The molecular formula is C14H17NO3. The lowest BCUT2D eigenvalue weighted by molar-refractivity contribution is -0.132. The van der Waals surface area contributed by atoms with Gasteiger partial charge in [0.05, 0.1) is 0 Å². The van der Waals surface area contributed by atoms with E-state index in [0.717, 1.165) is 24.1 Å². The molecule has 1 rings (SSSR count). The Labute approximate surface area is 107 Å². The summed E-state index contributed by atoms with van der Waals surface area (Å²) in [6.45, 7) is 2.58. The van der Waals surface area contributed by atoms with Crippen molar-refractivity contribution in [2.24, 2.45) is 0 Å². The molecule has 0 aliphatic heterocycles. The third-order valence-corrected chi connectivity index (χ3v) is 2.56. The van der Waals surface area contributed by atoms with Gasteiger partial charge >= 0.3 is 5.97 Å². The van der Waals surface area contributed by atoms with Crippen molar-refractivity contribution in [1.82, 2.24) is 4.90 Å². The summed E-state index contributed by atoms with van der Waals surface area (Å²) in [4.78, 5) is 23.3. The van der Waals surface area contributed by atoms with E-state index in [2.05, 4.69) is 6.07 Å². The average Bonchev–Trinajstić information content (AvgIpc) is 2.33. The molecule has 0 atom stereocenters. The van der Waals surface area contributed by atoms with Crippen LogP contribution in [0.4, 0.5) is 0 Å². The van der Waals surface area contributed by atoms with E-state index in [0.29, 0.717) is 6.54 Å². The second-order valence-corrected chi connectivity index (χ2v) is 4.17. The van der Waals surface area contributed by atoms with Crippen LogP contribution in [0.2, 0.25) is 0 Å². The van der Waals surface area contributed by atoms with Gasteiger partial charge in [0.25, 0.3) is 0 Å². The number of carboxylic acid groups (broad SMARTS) is 1. The Morgan fingerprint density at radius 1 is 1.33 bits per heavy atom. The van der Waals surface area contributed by atoms with Gasteiger partial charge in [0.15, 0.2) is 0 Å². The molecule has 0 aliphatic carbocycles. The van der Waals surface area contributed by atoms with Crippen LogP contribution in [-0.4, -0.2) is 35.5 Å². The fourth-order valence-corrected chi connectivity index (χ4v) is 1.54. The second kappa shape index (κ2) is 6.59. The van der Waals surface area contributed by atoms with E-state index in [-0.39, 0.29) is 5.91 Å². The first-order valence-electron chi connectivity index (χ1n) is 5.70. The van der Waals surface area contributed by atoms with Crippen LogP contribution in [0.3, 0.4) is 0 Å². The Kier molecular flexibility index (Phi) is 5.11. The lowest BCUT2D eigenvalue weighted by Gasteiger charge is -2.15. The van der Waals surface area contributed by atoms with Gasteiger partial charge in [-0.3, -0.25) is 4.79 Å². The number of rotatable bonds is 5. The van der Waals surface area contributed by atoms with Gasteiger partial charge in [0, 0.05) is 25.7 Å². The van der Waals surface area contributed by atoms with Crippen molar-refractivity contribution in [3.63, 3.8) is 0 Å². The minimum absolute atomic E-state index is 0.301. The number of hydrogen-bond donors (Lipinski definition) is 1. The van der Waals surface area contributed by atoms with Crippen LogP contribution < -0.4 is 0 Å². The first-order chi connectivity index (χ1) is 8.49. The lowest BCUT2D eigenvalue weighted by Crippen LogP contribution is -2.27. The normalized spacial score (nSPS) is 10.6. The standard InChI is InChI=1S/C14H17NO3/c1-11-4-3-5-12(10-11)8-9-15(2)13(16)6-7-14(17)18/h3-7,10H,8-9H2,1-2H3,(H,17,18)/b7-6+. The minimum atomic E-state index is -1.12. The number of hydrogen-bond acceptors (Lipinski definition) is 2. The summed E-state index contributed by atoms with van der Waals surface area (Å²) in [5.41, 5.74) is 2.35. The summed E-state index contributed by atoms with van der Waals surface area (Å²) in [6.07, 6.45) is 2.68. The molecule has 0 saturated carbocycles.